The van der Waals surface area contributed by atoms with E-state index in [9.17, 15) is 4.79 Å². The zero-order chi connectivity index (χ0) is 20.8. The molecule has 5 nitrogen and oxygen atoms in total. The molecule has 0 aliphatic rings. The fourth-order valence-corrected chi connectivity index (χ4v) is 3.07. The minimum atomic E-state index is -0.133. The van der Waals surface area contributed by atoms with Crippen molar-refractivity contribution in [1.29, 1.82) is 0 Å². The molecule has 6 heteroatoms. The van der Waals surface area contributed by atoms with Crippen LogP contribution in [0.3, 0.4) is 0 Å². The molecule has 0 fully saturated rings. The first-order chi connectivity index (χ1) is 14.7. The van der Waals surface area contributed by atoms with E-state index in [0.29, 0.717) is 29.6 Å². The number of aromatic nitrogens is 2. The van der Waals surface area contributed by atoms with Gasteiger partial charge in [0.1, 0.15) is 5.75 Å². The van der Waals surface area contributed by atoms with Crippen molar-refractivity contribution in [3.05, 3.63) is 107 Å². The molecule has 0 radical (unpaired) electrons. The van der Waals surface area contributed by atoms with Crippen LogP contribution >= 0.6 is 15.9 Å². The molecule has 3 aromatic carbocycles. The Hall–Kier alpha value is -3.51. The third kappa shape index (κ3) is 5.10. The van der Waals surface area contributed by atoms with Crippen LogP contribution in [0.5, 0.6) is 11.6 Å². The summed E-state index contributed by atoms with van der Waals surface area (Å²) in [6.07, 6.45) is 1.65. The Morgan fingerprint density at radius 2 is 1.63 bits per heavy atom. The van der Waals surface area contributed by atoms with E-state index in [4.69, 9.17) is 4.74 Å². The van der Waals surface area contributed by atoms with Crippen LogP contribution in [-0.2, 0) is 6.54 Å². The van der Waals surface area contributed by atoms with Gasteiger partial charge in [0.2, 0.25) is 5.88 Å². The van der Waals surface area contributed by atoms with Crippen molar-refractivity contribution < 1.29 is 9.53 Å². The summed E-state index contributed by atoms with van der Waals surface area (Å²) >= 11 is 3.40. The van der Waals surface area contributed by atoms with Gasteiger partial charge < -0.3 is 10.1 Å². The van der Waals surface area contributed by atoms with Gasteiger partial charge in [-0.2, -0.15) is 4.98 Å². The van der Waals surface area contributed by atoms with E-state index in [1.54, 1.807) is 24.4 Å². The van der Waals surface area contributed by atoms with Crippen molar-refractivity contribution in [2.45, 2.75) is 6.54 Å². The number of nitrogens with one attached hydrogen (secondary N) is 1. The first kappa shape index (κ1) is 19.8. The Morgan fingerprint density at radius 3 is 2.37 bits per heavy atom. The van der Waals surface area contributed by atoms with Gasteiger partial charge in [0.05, 0.1) is 0 Å². The van der Waals surface area contributed by atoms with Crippen molar-refractivity contribution in [3.63, 3.8) is 0 Å². The Kier molecular flexibility index (Phi) is 6.15. The minimum Gasteiger partial charge on any atom is -0.439 e. The standard InChI is InChI=1S/C24H18BrN3O2/c25-20-12-6-17(7-13-20)16-27-24(29)19-10-8-18(9-11-19)23-26-15-14-22(28-23)30-21-4-2-1-3-5-21/h1-15H,16H2,(H,27,29). The number of hydrogen-bond donors (Lipinski definition) is 1. The van der Waals surface area contributed by atoms with Crippen LogP contribution in [0.25, 0.3) is 11.4 Å². The first-order valence-corrected chi connectivity index (χ1v) is 10.2. The Morgan fingerprint density at radius 1 is 0.900 bits per heavy atom. The number of rotatable bonds is 6. The molecule has 1 aromatic heterocycles. The number of carbonyl (C=O) groups excluding carboxylic acids is 1. The molecule has 0 atom stereocenters. The van der Waals surface area contributed by atoms with Gasteiger partial charge in [0.25, 0.3) is 5.91 Å². The van der Waals surface area contributed by atoms with E-state index in [-0.39, 0.29) is 5.91 Å². The van der Waals surface area contributed by atoms with E-state index in [1.165, 1.54) is 0 Å². The molecule has 0 aliphatic heterocycles. The number of ether oxygens (including phenoxy) is 1. The lowest BCUT2D eigenvalue weighted by atomic mass is 10.1. The molecule has 1 N–H and O–H groups in total. The number of para-hydroxylation sites is 1. The third-order valence-corrected chi connectivity index (χ3v) is 4.90. The molecule has 0 spiro atoms. The second-order valence-electron chi connectivity index (χ2n) is 6.52. The lowest BCUT2D eigenvalue weighted by molar-refractivity contribution is 0.0951. The predicted molar refractivity (Wildman–Crippen MR) is 119 cm³/mol. The highest BCUT2D eigenvalue weighted by Gasteiger charge is 2.08. The summed E-state index contributed by atoms with van der Waals surface area (Å²) in [5.41, 5.74) is 2.41. The molecule has 0 saturated heterocycles. The molecule has 1 heterocycles. The van der Waals surface area contributed by atoms with Gasteiger partial charge in [-0.1, -0.05) is 58.4 Å². The smallest absolute Gasteiger partial charge is 0.251 e. The number of carbonyl (C=O) groups is 1. The Bertz CT molecular complexity index is 1130. The average Bonchev–Trinajstić information content (AvgIpc) is 2.79. The molecule has 0 bridgehead atoms. The van der Waals surface area contributed by atoms with Crippen molar-refractivity contribution in [3.8, 4) is 23.0 Å². The summed E-state index contributed by atoms with van der Waals surface area (Å²) in [4.78, 5) is 21.2. The predicted octanol–water partition coefficient (Wildman–Crippen LogP) is 5.63. The van der Waals surface area contributed by atoms with Crippen molar-refractivity contribution in [1.82, 2.24) is 15.3 Å². The van der Waals surface area contributed by atoms with Crippen molar-refractivity contribution >= 4 is 21.8 Å². The van der Waals surface area contributed by atoms with Gasteiger partial charge in [0.15, 0.2) is 5.82 Å². The molecule has 0 saturated carbocycles. The normalized spacial score (nSPS) is 10.4. The van der Waals surface area contributed by atoms with Gasteiger partial charge in [0, 0.05) is 34.4 Å². The maximum absolute atomic E-state index is 12.4. The van der Waals surface area contributed by atoms with Crippen LogP contribution in [-0.4, -0.2) is 15.9 Å². The van der Waals surface area contributed by atoms with Gasteiger partial charge >= 0.3 is 0 Å². The van der Waals surface area contributed by atoms with Crippen LogP contribution in [0.2, 0.25) is 0 Å². The lowest BCUT2D eigenvalue weighted by Crippen LogP contribution is -2.22. The van der Waals surface area contributed by atoms with E-state index >= 15 is 0 Å². The Balaban J connectivity index is 1.42. The second kappa shape index (κ2) is 9.33. The quantitative estimate of drug-likeness (QED) is 0.405. The molecule has 0 aliphatic carbocycles. The molecular formula is C24H18BrN3O2. The van der Waals surface area contributed by atoms with Gasteiger partial charge in [-0.3, -0.25) is 4.79 Å². The fraction of sp³-hybridized carbons (Fsp3) is 0.0417. The SMILES string of the molecule is O=C(NCc1ccc(Br)cc1)c1ccc(-c2nccc(Oc3ccccc3)n2)cc1. The van der Waals surface area contributed by atoms with Gasteiger partial charge in [-0.05, 0) is 42.0 Å². The largest absolute Gasteiger partial charge is 0.439 e. The van der Waals surface area contributed by atoms with Crippen molar-refractivity contribution in [2.24, 2.45) is 0 Å². The first-order valence-electron chi connectivity index (χ1n) is 9.36. The monoisotopic (exact) mass is 459 g/mol. The molecule has 0 unspecified atom stereocenters. The summed E-state index contributed by atoms with van der Waals surface area (Å²) in [6.45, 7) is 0.468. The number of amides is 1. The van der Waals surface area contributed by atoms with Gasteiger partial charge in [-0.25, -0.2) is 4.98 Å². The maximum Gasteiger partial charge on any atom is 0.251 e. The lowest BCUT2D eigenvalue weighted by Gasteiger charge is -2.08. The van der Waals surface area contributed by atoms with E-state index in [0.717, 1.165) is 15.6 Å². The summed E-state index contributed by atoms with van der Waals surface area (Å²) in [7, 11) is 0. The van der Waals surface area contributed by atoms with Crippen LogP contribution in [0.1, 0.15) is 15.9 Å². The fourth-order valence-electron chi connectivity index (χ4n) is 2.80. The zero-order valence-electron chi connectivity index (χ0n) is 16.0. The minimum absolute atomic E-state index is 0.133. The Labute approximate surface area is 182 Å². The number of hydrogen-bond acceptors (Lipinski definition) is 4. The second-order valence-corrected chi connectivity index (χ2v) is 7.44. The highest BCUT2D eigenvalue weighted by Crippen LogP contribution is 2.22. The third-order valence-electron chi connectivity index (χ3n) is 4.37. The van der Waals surface area contributed by atoms with Gasteiger partial charge in [-0.15, -0.1) is 0 Å². The molecule has 4 rings (SSSR count). The summed E-state index contributed by atoms with van der Waals surface area (Å²) in [6, 6.07) is 26.2. The summed E-state index contributed by atoms with van der Waals surface area (Å²) in [5.74, 6) is 1.57. The van der Waals surface area contributed by atoms with Crippen LogP contribution in [0, 0.1) is 0 Å². The molecule has 1 amide bonds. The summed E-state index contributed by atoms with van der Waals surface area (Å²) < 4.78 is 6.77. The summed E-state index contributed by atoms with van der Waals surface area (Å²) in [5, 5.41) is 2.92. The van der Waals surface area contributed by atoms with Crippen molar-refractivity contribution in [2.75, 3.05) is 0 Å². The van der Waals surface area contributed by atoms with Crippen LogP contribution < -0.4 is 10.1 Å². The highest BCUT2D eigenvalue weighted by atomic mass is 79.9. The number of nitrogens with zero attached hydrogens (tertiary/aromatic N) is 2. The molecule has 4 aromatic rings. The van der Waals surface area contributed by atoms with Crippen LogP contribution in [0.4, 0.5) is 0 Å². The molecule has 148 valence electrons. The topological polar surface area (TPSA) is 64.1 Å². The van der Waals surface area contributed by atoms with E-state index < -0.39 is 0 Å². The highest BCUT2D eigenvalue weighted by molar-refractivity contribution is 9.10. The maximum atomic E-state index is 12.4. The van der Waals surface area contributed by atoms with E-state index in [1.807, 2.05) is 66.7 Å². The zero-order valence-corrected chi connectivity index (χ0v) is 17.5. The van der Waals surface area contributed by atoms with E-state index in [2.05, 4.69) is 31.2 Å². The molecular weight excluding hydrogens is 442 g/mol. The molecule has 30 heavy (non-hydrogen) atoms. The van der Waals surface area contributed by atoms with Crippen LogP contribution in [0.15, 0.2) is 95.6 Å². The number of benzene rings is 3. The number of halogens is 1. The average molecular weight is 460 g/mol.